The summed E-state index contributed by atoms with van der Waals surface area (Å²) in [5.41, 5.74) is 2.42. The van der Waals surface area contributed by atoms with Crippen LogP contribution in [0.25, 0.3) is 0 Å². The number of hydrogen-bond acceptors (Lipinski definition) is 2. The summed E-state index contributed by atoms with van der Waals surface area (Å²) >= 11 is 0. The lowest BCUT2D eigenvalue weighted by Gasteiger charge is -2.12. The normalized spacial score (nSPS) is 10.3. The van der Waals surface area contributed by atoms with Crippen LogP contribution in [0.15, 0.2) is 66.7 Å². The van der Waals surface area contributed by atoms with Gasteiger partial charge in [0.05, 0.1) is 0 Å². The molecular weight excluding hydrogens is 350 g/mol. The summed E-state index contributed by atoms with van der Waals surface area (Å²) in [6.45, 7) is 1.81. The number of anilines is 2. The summed E-state index contributed by atoms with van der Waals surface area (Å²) in [6, 6.07) is 15.5. The number of rotatable bonds is 4. The molecule has 2 amide bonds. The standard InChI is InChI=1S/C21H16F2N2O2/c1-13-2-11-18(24-20(26)14-3-7-16(22)8-4-14)12-19(13)25-21(27)15-5-9-17(23)10-6-15/h2-12H,1H3,(H,24,26)(H,25,27). The Morgan fingerprint density at radius 1 is 0.704 bits per heavy atom. The molecule has 4 nitrogen and oxygen atoms in total. The van der Waals surface area contributed by atoms with E-state index in [-0.39, 0.29) is 5.91 Å². The van der Waals surface area contributed by atoms with Gasteiger partial charge in [-0.15, -0.1) is 0 Å². The molecule has 0 spiro atoms. The van der Waals surface area contributed by atoms with E-state index in [0.29, 0.717) is 22.5 Å². The van der Waals surface area contributed by atoms with Gasteiger partial charge in [0.1, 0.15) is 11.6 Å². The molecule has 136 valence electrons. The second-order valence-electron chi connectivity index (χ2n) is 5.95. The Morgan fingerprint density at radius 3 is 1.70 bits per heavy atom. The molecule has 0 aliphatic carbocycles. The van der Waals surface area contributed by atoms with E-state index < -0.39 is 17.5 Å². The van der Waals surface area contributed by atoms with Gasteiger partial charge in [-0.2, -0.15) is 0 Å². The Bertz CT molecular complexity index is 984. The topological polar surface area (TPSA) is 58.2 Å². The van der Waals surface area contributed by atoms with Crippen LogP contribution in [0, 0.1) is 18.6 Å². The smallest absolute Gasteiger partial charge is 0.255 e. The predicted molar refractivity (Wildman–Crippen MR) is 99.9 cm³/mol. The van der Waals surface area contributed by atoms with Gasteiger partial charge in [0.15, 0.2) is 0 Å². The van der Waals surface area contributed by atoms with E-state index in [0.717, 1.165) is 5.56 Å². The minimum atomic E-state index is -0.423. The van der Waals surface area contributed by atoms with Crippen LogP contribution in [0.4, 0.5) is 20.2 Å². The van der Waals surface area contributed by atoms with Gasteiger partial charge in [-0.3, -0.25) is 9.59 Å². The number of nitrogens with one attached hydrogen (secondary N) is 2. The van der Waals surface area contributed by atoms with E-state index in [2.05, 4.69) is 10.6 Å². The second kappa shape index (κ2) is 7.78. The van der Waals surface area contributed by atoms with E-state index in [1.807, 2.05) is 6.92 Å². The summed E-state index contributed by atoms with van der Waals surface area (Å²) in [5, 5.41) is 5.45. The predicted octanol–water partition coefficient (Wildman–Crippen LogP) is 4.78. The number of aryl methyl sites for hydroxylation is 1. The number of hydrogen-bond donors (Lipinski definition) is 2. The van der Waals surface area contributed by atoms with Crippen molar-refractivity contribution in [2.75, 3.05) is 10.6 Å². The maximum atomic E-state index is 13.0. The molecule has 6 heteroatoms. The first kappa shape index (κ1) is 18.3. The minimum absolute atomic E-state index is 0.314. The Balaban J connectivity index is 1.75. The maximum absolute atomic E-state index is 13.0. The van der Waals surface area contributed by atoms with Crippen LogP contribution >= 0.6 is 0 Å². The van der Waals surface area contributed by atoms with Gasteiger partial charge in [0.2, 0.25) is 0 Å². The molecule has 0 saturated heterocycles. The summed E-state index contributed by atoms with van der Waals surface area (Å²) in [5.74, 6) is -1.63. The Hall–Kier alpha value is -3.54. The number of amides is 2. The van der Waals surface area contributed by atoms with Crippen molar-refractivity contribution in [1.82, 2.24) is 0 Å². The molecule has 0 atom stereocenters. The minimum Gasteiger partial charge on any atom is -0.322 e. The van der Waals surface area contributed by atoms with E-state index in [9.17, 15) is 18.4 Å². The van der Waals surface area contributed by atoms with Crippen molar-refractivity contribution < 1.29 is 18.4 Å². The van der Waals surface area contributed by atoms with Gasteiger partial charge in [-0.05, 0) is 73.2 Å². The van der Waals surface area contributed by atoms with Gasteiger partial charge in [0, 0.05) is 22.5 Å². The van der Waals surface area contributed by atoms with Crippen LogP contribution in [0.5, 0.6) is 0 Å². The lowest BCUT2D eigenvalue weighted by atomic mass is 10.1. The maximum Gasteiger partial charge on any atom is 0.255 e. The molecule has 0 unspecified atom stereocenters. The number of carbonyl (C=O) groups is 2. The third-order valence-electron chi connectivity index (χ3n) is 3.96. The number of halogens is 2. The van der Waals surface area contributed by atoms with Gasteiger partial charge in [-0.25, -0.2) is 8.78 Å². The van der Waals surface area contributed by atoms with E-state index >= 15 is 0 Å². The molecule has 0 aliphatic rings. The third-order valence-corrected chi connectivity index (χ3v) is 3.96. The lowest BCUT2D eigenvalue weighted by Crippen LogP contribution is -2.14. The zero-order valence-electron chi connectivity index (χ0n) is 14.4. The number of carbonyl (C=O) groups excluding carboxylic acids is 2. The fraction of sp³-hybridized carbons (Fsp3) is 0.0476. The summed E-state index contributed by atoms with van der Waals surface area (Å²) < 4.78 is 25.9. The van der Waals surface area contributed by atoms with Crippen molar-refractivity contribution in [3.63, 3.8) is 0 Å². The molecule has 0 aliphatic heterocycles. The lowest BCUT2D eigenvalue weighted by molar-refractivity contribution is 0.101. The highest BCUT2D eigenvalue weighted by Crippen LogP contribution is 2.22. The largest absolute Gasteiger partial charge is 0.322 e. The molecule has 0 bridgehead atoms. The van der Waals surface area contributed by atoms with Crippen molar-refractivity contribution in [2.45, 2.75) is 6.92 Å². The van der Waals surface area contributed by atoms with Crippen LogP contribution in [0.1, 0.15) is 26.3 Å². The SMILES string of the molecule is Cc1ccc(NC(=O)c2ccc(F)cc2)cc1NC(=O)c1ccc(F)cc1. The van der Waals surface area contributed by atoms with Crippen LogP contribution in [0.3, 0.4) is 0 Å². The first-order chi connectivity index (χ1) is 12.9. The highest BCUT2D eigenvalue weighted by Gasteiger charge is 2.11. The molecule has 0 heterocycles. The van der Waals surface area contributed by atoms with Crippen molar-refractivity contribution >= 4 is 23.2 Å². The third kappa shape index (κ3) is 4.55. The molecule has 0 radical (unpaired) electrons. The van der Waals surface area contributed by atoms with E-state index in [1.165, 1.54) is 48.5 Å². The Labute approximate surface area is 154 Å². The van der Waals surface area contributed by atoms with Crippen molar-refractivity contribution in [1.29, 1.82) is 0 Å². The first-order valence-corrected chi connectivity index (χ1v) is 8.17. The molecule has 3 rings (SSSR count). The van der Waals surface area contributed by atoms with E-state index in [1.54, 1.807) is 18.2 Å². The van der Waals surface area contributed by atoms with Gasteiger partial charge in [-0.1, -0.05) is 6.07 Å². The van der Waals surface area contributed by atoms with Gasteiger partial charge >= 0.3 is 0 Å². The average Bonchev–Trinajstić information content (AvgIpc) is 2.65. The summed E-state index contributed by atoms with van der Waals surface area (Å²) in [4.78, 5) is 24.5. The van der Waals surface area contributed by atoms with Crippen molar-refractivity contribution in [2.24, 2.45) is 0 Å². The van der Waals surface area contributed by atoms with Crippen molar-refractivity contribution in [3.05, 3.63) is 95.1 Å². The molecule has 27 heavy (non-hydrogen) atoms. The summed E-state index contributed by atoms with van der Waals surface area (Å²) in [7, 11) is 0. The molecule has 0 saturated carbocycles. The first-order valence-electron chi connectivity index (χ1n) is 8.17. The molecule has 2 N–H and O–H groups in total. The molecule has 3 aromatic carbocycles. The molecule has 0 aromatic heterocycles. The zero-order chi connectivity index (χ0) is 19.4. The van der Waals surface area contributed by atoms with Crippen LogP contribution in [-0.2, 0) is 0 Å². The average molecular weight is 366 g/mol. The van der Waals surface area contributed by atoms with Crippen LogP contribution < -0.4 is 10.6 Å². The van der Waals surface area contributed by atoms with Crippen LogP contribution in [0.2, 0.25) is 0 Å². The Kier molecular flexibility index (Phi) is 5.26. The summed E-state index contributed by atoms with van der Waals surface area (Å²) in [6.07, 6.45) is 0. The van der Waals surface area contributed by atoms with E-state index in [4.69, 9.17) is 0 Å². The molecule has 3 aromatic rings. The fourth-order valence-corrected chi connectivity index (χ4v) is 2.43. The van der Waals surface area contributed by atoms with Crippen molar-refractivity contribution in [3.8, 4) is 0 Å². The monoisotopic (exact) mass is 366 g/mol. The second-order valence-corrected chi connectivity index (χ2v) is 5.95. The van der Waals surface area contributed by atoms with Gasteiger partial charge < -0.3 is 10.6 Å². The number of benzene rings is 3. The quantitative estimate of drug-likeness (QED) is 0.698. The highest BCUT2D eigenvalue weighted by molar-refractivity contribution is 6.06. The fourth-order valence-electron chi connectivity index (χ4n) is 2.43. The van der Waals surface area contributed by atoms with Gasteiger partial charge in [0.25, 0.3) is 11.8 Å². The molecule has 0 fully saturated rings. The zero-order valence-corrected chi connectivity index (χ0v) is 14.4. The van der Waals surface area contributed by atoms with Crippen LogP contribution in [-0.4, -0.2) is 11.8 Å². The Morgan fingerprint density at radius 2 is 1.19 bits per heavy atom. The molecular formula is C21H16F2N2O2. The highest BCUT2D eigenvalue weighted by atomic mass is 19.1.